The van der Waals surface area contributed by atoms with Gasteiger partial charge in [-0.1, -0.05) is 50.2 Å². The Bertz CT molecular complexity index is 1380. The van der Waals surface area contributed by atoms with Crippen molar-refractivity contribution in [3.05, 3.63) is 93.8 Å². The van der Waals surface area contributed by atoms with Gasteiger partial charge >= 0.3 is 5.97 Å². The number of esters is 1. The number of phenols is 2. The molecule has 2 N–H and O–H groups in total. The fraction of sp³-hybridized carbons (Fsp3) is 0.214. The number of hydrogen-bond acceptors (Lipinski definition) is 6. The maximum absolute atomic E-state index is 13.3. The van der Waals surface area contributed by atoms with Crippen LogP contribution in [0.3, 0.4) is 0 Å². The molecule has 1 aromatic heterocycles. The van der Waals surface area contributed by atoms with Crippen molar-refractivity contribution in [1.29, 1.82) is 0 Å². The highest BCUT2D eigenvalue weighted by Crippen LogP contribution is 2.39. The molecule has 4 aromatic rings. The van der Waals surface area contributed by atoms with Crippen LogP contribution in [0.4, 0.5) is 0 Å². The average molecular weight is 459 g/mol. The highest BCUT2D eigenvalue weighted by atomic mass is 16.5. The third kappa shape index (κ3) is 4.39. The topological polar surface area (TPSA) is 97.0 Å². The van der Waals surface area contributed by atoms with Crippen molar-refractivity contribution in [3.63, 3.8) is 0 Å². The Morgan fingerprint density at radius 2 is 1.59 bits per heavy atom. The first-order valence-electron chi connectivity index (χ1n) is 11.0. The second kappa shape index (κ2) is 9.43. The molecule has 0 saturated carbocycles. The summed E-state index contributed by atoms with van der Waals surface area (Å²) < 4.78 is 10.8. The maximum Gasteiger partial charge on any atom is 0.306 e. The summed E-state index contributed by atoms with van der Waals surface area (Å²) in [5, 5.41) is 20.7. The van der Waals surface area contributed by atoms with E-state index in [1.807, 2.05) is 24.3 Å². The predicted molar refractivity (Wildman–Crippen MR) is 130 cm³/mol. The van der Waals surface area contributed by atoms with Gasteiger partial charge in [0.1, 0.15) is 23.3 Å². The van der Waals surface area contributed by atoms with Crippen molar-refractivity contribution in [2.45, 2.75) is 32.1 Å². The number of carbonyl (C=O) groups excluding carboxylic acids is 1. The summed E-state index contributed by atoms with van der Waals surface area (Å²) in [6.45, 7) is 4.19. The monoisotopic (exact) mass is 458 g/mol. The van der Waals surface area contributed by atoms with Crippen LogP contribution in [0.5, 0.6) is 11.5 Å². The average Bonchev–Trinajstić information content (AvgIpc) is 2.83. The van der Waals surface area contributed by atoms with Crippen molar-refractivity contribution in [2.24, 2.45) is 0 Å². The molecule has 0 aliphatic rings. The van der Waals surface area contributed by atoms with Gasteiger partial charge in [-0.3, -0.25) is 9.59 Å². The number of benzene rings is 3. The van der Waals surface area contributed by atoms with E-state index in [1.165, 1.54) is 37.6 Å². The number of rotatable bonds is 6. The van der Waals surface area contributed by atoms with Crippen molar-refractivity contribution >= 4 is 16.9 Å². The lowest BCUT2D eigenvalue weighted by Gasteiger charge is -2.20. The smallest absolute Gasteiger partial charge is 0.306 e. The number of ether oxygens (including phenoxy) is 1. The fourth-order valence-electron chi connectivity index (χ4n) is 4.14. The number of aromatic hydroxyl groups is 2. The lowest BCUT2D eigenvalue weighted by Crippen LogP contribution is -2.13. The molecule has 0 aliphatic carbocycles. The summed E-state index contributed by atoms with van der Waals surface area (Å²) in [5.41, 5.74) is 3.16. The van der Waals surface area contributed by atoms with Crippen molar-refractivity contribution < 1.29 is 24.2 Å². The number of methoxy groups -OCH3 is 1. The third-order valence-electron chi connectivity index (χ3n) is 6.09. The summed E-state index contributed by atoms with van der Waals surface area (Å²) in [5.74, 6) is -0.669. The summed E-state index contributed by atoms with van der Waals surface area (Å²) in [4.78, 5) is 25.6. The molecule has 0 saturated heterocycles. The van der Waals surface area contributed by atoms with E-state index >= 15 is 0 Å². The van der Waals surface area contributed by atoms with Crippen molar-refractivity contribution in [1.82, 2.24) is 0 Å². The van der Waals surface area contributed by atoms with E-state index in [9.17, 15) is 19.8 Å². The molecule has 0 aliphatic heterocycles. The number of fused-ring (bicyclic) bond motifs is 1. The van der Waals surface area contributed by atoms with Gasteiger partial charge in [0.15, 0.2) is 0 Å². The molecule has 0 amide bonds. The normalized spacial score (nSPS) is 12.1. The predicted octanol–water partition coefficient (Wildman–Crippen LogP) is 5.69. The van der Waals surface area contributed by atoms with E-state index in [0.29, 0.717) is 22.6 Å². The SMILES string of the molecule is COC(=O)CC(c1ccc(C(C)C)cc1)c1c(O)ccc2c(=O)c(-c3ccc(O)cc3)coc12. The molecule has 1 heterocycles. The molecule has 0 fully saturated rings. The number of carbonyl (C=O) groups is 1. The molecule has 6 heteroatoms. The molecule has 4 rings (SSSR count). The lowest BCUT2D eigenvalue weighted by molar-refractivity contribution is -0.140. The van der Waals surface area contributed by atoms with Crippen LogP contribution < -0.4 is 5.43 Å². The zero-order chi connectivity index (χ0) is 24.4. The van der Waals surface area contributed by atoms with E-state index in [-0.39, 0.29) is 34.3 Å². The van der Waals surface area contributed by atoms with Crippen LogP contribution in [0, 0.1) is 0 Å². The van der Waals surface area contributed by atoms with Crippen LogP contribution in [0.25, 0.3) is 22.1 Å². The van der Waals surface area contributed by atoms with E-state index in [0.717, 1.165) is 11.1 Å². The zero-order valence-electron chi connectivity index (χ0n) is 19.2. The Kier molecular flexibility index (Phi) is 6.41. The lowest BCUT2D eigenvalue weighted by atomic mass is 9.85. The fourth-order valence-corrected chi connectivity index (χ4v) is 4.14. The van der Waals surface area contributed by atoms with Crippen molar-refractivity contribution in [2.75, 3.05) is 7.11 Å². The first-order valence-corrected chi connectivity index (χ1v) is 11.0. The van der Waals surface area contributed by atoms with E-state index in [4.69, 9.17) is 9.15 Å². The molecular weight excluding hydrogens is 432 g/mol. The van der Waals surface area contributed by atoms with Gasteiger partial charge < -0.3 is 19.4 Å². The summed E-state index contributed by atoms with van der Waals surface area (Å²) in [6.07, 6.45) is 1.31. The van der Waals surface area contributed by atoms with Crippen LogP contribution >= 0.6 is 0 Å². The Morgan fingerprint density at radius 3 is 2.21 bits per heavy atom. The molecule has 1 unspecified atom stereocenters. The van der Waals surface area contributed by atoms with Crippen LogP contribution in [0.15, 0.2) is 76.1 Å². The van der Waals surface area contributed by atoms with Crippen LogP contribution in [-0.4, -0.2) is 23.3 Å². The Labute approximate surface area is 197 Å². The second-order valence-corrected chi connectivity index (χ2v) is 8.55. The molecular formula is C28H26O6. The minimum absolute atomic E-state index is 0.0341. The first-order chi connectivity index (χ1) is 16.3. The van der Waals surface area contributed by atoms with Gasteiger partial charge in [0, 0.05) is 11.5 Å². The molecule has 34 heavy (non-hydrogen) atoms. The molecule has 6 nitrogen and oxygen atoms in total. The number of phenolic OH excluding ortho intramolecular Hbond substituents is 2. The van der Waals surface area contributed by atoms with Crippen molar-refractivity contribution in [3.8, 4) is 22.6 Å². The summed E-state index contributed by atoms with van der Waals surface area (Å²) in [6, 6.07) is 17.0. The molecule has 3 aromatic carbocycles. The quantitative estimate of drug-likeness (QED) is 0.360. The van der Waals surface area contributed by atoms with E-state index in [2.05, 4.69) is 13.8 Å². The first kappa shape index (κ1) is 23.1. The van der Waals surface area contributed by atoms with Gasteiger partial charge in [0.2, 0.25) is 5.43 Å². The highest BCUT2D eigenvalue weighted by molar-refractivity contribution is 5.87. The van der Waals surface area contributed by atoms with Gasteiger partial charge in [0.25, 0.3) is 0 Å². The summed E-state index contributed by atoms with van der Waals surface area (Å²) in [7, 11) is 1.31. The third-order valence-corrected chi connectivity index (χ3v) is 6.09. The molecule has 0 bridgehead atoms. The van der Waals surface area contributed by atoms with Gasteiger partial charge in [-0.15, -0.1) is 0 Å². The standard InChI is InChI=1S/C28H26O6/c1-16(2)17-4-6-18(7-5-17)22(14-25(31)33-3)26-24(30)13-12-21-27(32)23(15-34-28(21)26)19-8-10-20(29)11-9-19/h4-13,15-16,22,29-30H,14H2,1-3H3. The molecule has 0 radical (unpaired) electrons. The second-order valence-electron chi connectivity index (χ2n) is 8.55. The van der Waals surface area contributed by atoms with E-state index < -0.39 is 11.9 Å². The Hall–Kier alpha value is -4.06. The molecule has 174 valence electrons. The Morgan fingerprint density at radius 1 is 0.941 bits per heavy atom. The van der Waals surface area contributed by atoms with Gasteiger partial charge in [-0.25, -0.2) is 0 Å². The highest BCUT2D eigenvalue weighted by Gasteiger charge is 2.26. The summed E-state index contributed by atoms with van der Waals surface area (Å²) >= 11 is 0. The van der Waals surface area contributed by atoms with Gasteiger partial charge in [-0.2, -0.15) is 0 Å². The zero-order valence-corrected chi connectivity index (χ0v) is 19.2. The van der Waals surface area contributed by atoms with Crippen LogP contribution in [0.2, 0.25) is 0 Å². The van der Waals surface area contributed by atoms with Gasteiger partial charge in [-0.05, 0) is 46.9 Å². The van der Waals surface area contributed by atoms with Gasteiger partial charge in [0.05, 0.1) is 24.5 Å². The van der Waals surface area contributed by atoms with Crippen LogP contribution in [0.1, 0.15) is 48.8 Å². The van der Waals surface area contributed by atoms with Crippen LogP contribution in [-0.2, 0) is 9.53 Å². The largest absolute Gasteiger partial charge is 0.508 e. The minimum Gasteiger partial charge on any atom is -0.508 e. The maximum atomic E-state index is 13.3. The molecule has 0 spiro atoms. The number of hydrogen-bond donors (Lipinski definition) is 2. The van der Waals surface area contributed by atoms with E-state index in [1.54, 1.807) is 12.1 Å². The minimum atomic E-state index is -0.583. The Balaban J connectivity index is 1.90. The molecule has 1 atom stereocenters.